The van der Waals surface area contributed by atoms with Gasteiger partial charge in [-0.05, 0) is 144 Å². The monoisotopic (exact) mass is 836 g/mol. The van der Waals surface area contributed by atoms with Crippen molar-refractivity contribution in [3.63, 3.8) is 0 Å². The Hall–Kier alpha value is -8.58. The third kappa shape index (κ3) is 5.64. The molecule has 0 amide bonds. The second-order valence-electron chi connectivity index (χ2n) is 17.6. The zero-order valence-electron chi connectivity index (χ0n) is 36.3. The summed E-state index contributed by atoms with van der Waals surface area (Å²) in [5, 5.41) is 26.4. The fourth-order valence-electron chi connectivity index (χ4n) is 10.4. The molecule has 0 spiro atoms. The minimum absolute atomic E-state index is 0.430. The summed E-state index contributed by atoms with van der Waals surface area (Å²) in [6, 6.07) is 63.9. The number of aryl methyl sites for hydroxylation is 2. The summed E-state index contributed by atoms with van der Waals surface area (Å²) in [5.41, 5.74) is 16.8. The molecule has 308 valence electrons. The Bertz CT molecular complexity index is 3890. The van der Waals surface area contributed by atoms with Crippen molar-refractivity contribution in [2.75, 3.05) is 9.80 Å². The molecule has 0 fully saturated rings. The smallest absolute Gasteiger partial charge is 0.137 e. The molecule has 0 unspecified atom stereocenters. The van der Waals surface area contributed by atoms with Crippen molar-refractivity contribution < 1.29 is 8.83 Å². The van der Waals surface area contributed by atoms with Gasteiger partial charge >= 0.3 is 0 Å². The molecule has 9 aromatic carbocycles. The summed E-state index contributed by atoms with van der Waals surface area (Å²) in [4.78, 5) is 4.67. The summed E-state index contributed by atoms with van der Waals surface area (Å²) in [7, 11) is 0. The molecule has 0 saturated carbocycles. The molecule has 0 atom stereocenters. The Balaban J connectivity index is 1.10. The number of nitrogens with zero attached hydrogens (tertiary/aromatic N) is 4. The van der Waals surface area contributed by atoms with Crippen LogP contribution in [0.1, 0.15) is 47.2 Å². The van der Waals surface area contributed by atoms with Gasteiger partial charge < -0.3 is 18.6 Å². The predicted octanol–water partition coefficient (Wildman–Crippen LogP) is 16.2. The molecule has 0 N–H and O–H groups in total. The maximum absolute atomic E-state index is 10.0. The van der Waals surface area contributed by atoms with Gasteiger partial charge in [-0.1, -0.05) is 92.7 Å². The van der Waals surface area contributed by atoms with Crippen LogP contribution in [0.15, 0.2) is 179 Å². The van der Waals surface area contributed by atoms with Gasteiger partial charge in [-0.25, -0.2) is 0 Å². The Labute approximate surface area is 376 Å². The Kier molecular flexibility index (Phi) is 8.34. The highest BCUT2D eigenvalue weighted by atomic mass is 16.3. The topological polar surface area (TPSA) is 80.3 Å². The lowest BCUT2D eigenvalue weighted by Gasteiger charge is -2.31. The summed E-state index contributed by atoms with van der Waals surface area (Å²) in [6.45, 7) is 8.67. The average Bonchev–Trinajstić information content (AvgIpc) is 3.97. The minimum Gasteiger partial charge on any atom is -0.456 e. The second-order valence-corrected chi connectivity index (χ2v) is 17.6. The standard InChI is InChI=1S/C59H40N4O2/c1-35-29-39(25-23-37(35)33-60)62(49-17-11-21-54-57(49)45-15-7-9-19-52(45)64-54)41-27-28-44-47(31-41)59(3,4)48-32-51(42-13-5-6-14-43(42)56(44)48)63(40-26-24-38(34-61)36(2)30-40)50-18-12-22-55-58(50)46-16-8-10-20-53(46)65-55/h5-32H,1-4H3. The number of nitriles is 2. The van der Waals surface area contributed by atoms with E-state index in [4.69, 9.17) is 8.83 Å². The first-order chi connectivity index (χ1) is 31.7. The van der Waals surface area contributed by atoms with Gasteiger partial charge in [0.05, 0.1) is 51.1 Å². The van der Waals surface area contributed by atoms with E-state index in [1.807, 2.05) is 68.4 Å². The van der Waals surface area contributed by atoms with E-state index < -0.39 is 5.41 Å². The molecule has 0 saturated heterocycles. The van der Waals surface area contributed by atoms with E-state index in [0.29, 0.717) is 11.1 Å². The van der Waals surface area contributed by atoms with Crippen molar-refractivity contribution in [2.45, 2.75) is 33.1 Å². The molecule has 65 heavy (non-hydrogen) atoms. The normalized spacial score (nSPS) is 12.7. The zero-order chi connectivity index (χ0) is 44.1. The van der Waals surface area contributed by atoms with Crippen molar-refractivity contribution in [1.29, 1.82) is 10.5 Å². The first kappa shape index (κ1) is 38.1. The van der Waals surface area contributed by atoms with Crippen LogP contribution in [-0.2, 0) is 5.41 Å². The number of anilines is 6. The van der Waals surface area contributed by atoms with Crippen LogP contribution < -0.4 is 9.80 Å². The van der Waals surface area contributed by atoms with E-state index in [1.54, 1.807) is 0 Å². The molecule has 2 heterocycles. The van der Waals surface area contributed by atoms with E-state index in [2.05, 4.69) is 151 Å². The lowest BCUT2D eigenvalue weighted by atomic mass is 9.81. The third-order valence-electron chi connectivity index (χ3n) is 13.6. The fraction of sp³-hybridized carbons (Fsp3) is 0.0847. The number of hydrogen-bond donors (Lipinski definition) is 0. The van der Waals surface area contributed by atoms with Crippen molar-refractivity contribution in [1.82, 2.24) is 0 Å². The molecule has 12 rings (SSSR count). The number of fused-ring (bicyclic) bond motifs is 11. The molecular formula is C59H40N4O2. The van der Waals surface area contributed by atoms with E-state index in [0.717, 1.165) is 99.9 Å². The Morgan fingerprint density at radius 2 is 0.908 bits per heavy atom. The van der Waals surface area contributed by atoms with Crippen LogP contribution in [-0.4, -0.2) is 0 Å². The quantitative estimate of drug-likeness (QED) is 0.166. The highest BCUT2D eigenvalue weighted by Gasteiger charge is 2.39. The summed E-state index contributed by atoms with van der Waals surface area (Å²) in [5.74, 6) is 0. The zero-order valence-corrected chi connectivity index (χ0v) is 36.3. The molecule has 11 aromatic rings. The van der Waals surface area contributed by atoms with E-state index in [9.17, 15) is 10.5 Å². The van der Waals surface area contributed by atoms with Crippen molar-refractivity contribution >= 4 is 88.8 Å². The van der Waals surface area contributed by atoms with Crippen LogP contribution >= 0.6 is 0 Å². The minimum atomic E-state index is -0.430. The molecule has 0 radical (unpaired) electrons. The van der Waals surface area contributed by atoms with Crippen LogP contribution in [0.25, 0.3) is 65.8 Å². The average molecular weight is 837 g/mol. The summed E-state index contributed by atoms with van der Waals surface area (Å²) >= 11 is 0. The third-order valence-corrected chi connectivity index (χ3v) is 13.6. The van der Waals surface area contributed by atoms with Gasteiger partial charge in [0.15, 0.2) is 0 Å². The lowest BCUT2D eigenvalue weighted by molar-refractivity contribution is 0.661. The number of furan rings is 2. The molecule has 1 aliphatic rings. The lowest BCUT2D eigenvalue weighted by Crippen LogP contribution is -2.18. The van der Waals surface area contributed by atoms with Crippen LogP contribution in [0.2, 0.25) is 0 Å². The molecule has 0 aliphatic heterocycles. The van der Waals surface area contributed by atoms with Gasteiger partial charge in [-0.2, -0.15) is 10.5 Å². The van der Waals surface area contributed by atoms with Crippen molar-refractivity contribution in [3.05, 3.63) is 203 Å². The van der Waals surface area contributed by atoms with E-state index in [-0.39, 0.29) is 0 Å². The van der Waals surface area contributed by atoms with Gasteiger partial charge in [0.1, 0.15) is 22.3 Å². The number of hydrogen-bond acceptors (Lipinski definition) is 6. The highest BCUT2D eigenvalue weighted by molar-refractivity contribution is 6.17. The Morgan fingerprint density at radius 1 is 0.431 bits per heavy atom. The van der Waals surface area contributed by atoms with Crippen molar-refractivity contribution in [2.24, 2.45) is 0 Å². The number of rotatable bonds is 6. The van der Waals surface area contributed by atoms with Crippen LogP contribution in [0.3, 0.4) is 0 Å². The molecule has 0 bridgehead atoms. The van der Waals surface area contributed by atoms with Crippen molar-refractivity contribution in [3.8, 4) is 23.3 Å². The van der Waals surface area contributed by atoms with Crippen LogP contribution in [0.4, 0.5) is 34.1 Å². The van der Waals surface area contributed by atoms with Crippen LogP contribution in [0, 0.1) is 36.5 Å². The molecule has 6 heteroatoms. The van der Waals surface area contributed by atoms with Crippen LogP contribution in [0.5, 0.6) is 0 Å². The maximum Gasteiger partial charge on any atom is 0.137 e. The largest absolute Gasteiger partial charge is 0.456 e. The molecular weight excluding hydrogens is 797 g/mol. The van der Waals surface area contributed by atoms with Gasteiger partial charge in [-0.3, -0.25) is 0 Å². The molecule has 6 nitrogen and oxygen atoms in total. The second kappa shape index (κ2) is 14.2. The van der Waals surface area contributed by atoms with Gasteiger partial charge in [-0.15, -0.1) is 0 Å². The van der Waals surface area contributed by atoms with Gasteiger partial charge in [0.2, 0.25) is 0 Å². The number of benzene rings is 9. The Morgan fingerprint density at radius 3 is 1.48 bits per heavy atom. The molecule has 1 aliphatic carbocycles. The van der Waals surface area contributed by atoms with E-state index >= 15 is 0 Å². The fourth-order valence-corrected chi connectivity index (χ4v) is 10.4. The van der Waals surface area contributed by atoms with Gasteiger partial charge in [0.25, 0.3) is 0 Å². The first-order valence-corrected chi connectivity index (χ1v) is 21.9. The molecule has 2 aromatic heterocycles. The predicted molar refractivity (Wildman–Crippen MR) is 264 cm³/mol. The SMILES string of the molecule is Cc1cc(N(c2ccc3c(c2)C(C)(C)c2cc(N(c4ccc(C#N)c(C)c4)c4cccc5oc6ccccc6c45)c4ccccc4c2-3)c2cccc3oc4ccccc4c23)ccc1C#N. The van der Waals surface area contributed by atoms with Gasteiger partial charge in [0, 0.05) is 38.6 Å². The highest BCUT2D eigenvalue weighted by Crippen LogP contribution is 2.57. The number of para-hydroxylation sites is 2. The summed E-state index contributed by atoms with van der Waals surface area (Å²) < 4.78 is 12.9. The van der Waals surface area contributed by atoms with E-state index in [1.165, 1.54) is 22.3 Å². The maximum atomic E-state index is 10.0. The summed E-state index contributed by atoms with van der Waals surface area (Å²) in [6.07, 6.45) is 0. The first-order valence-electron chi connectivity index (χ1n) is 21.9.